The molecule has 1 N–H and O–H groups in total. The van der Waals surface area contributed by atoms with Crippen LogP contribution in [0.1, 0.15) is 34.5 Å². The summed E-state index contributed by atoms with van der Waals surface area (Å²) < 4.78 is 15.3. The minimum Gasteiger partial charge on any atom is -0.345 e. The summed E-state index contributed by atoms with van der Waals surface area (Å²) in [7, 11) is 0. The normalized spacial score (nSPS) is 12.0. The van der Waals surface area contributed by atoms with Gasteiger partial charge < -0.3 is 5.32 Å². The number of nitrogens with one attached hydrogen (secondary N) is 1. The van der Waals surface area contributed by atoms with Gasteiger partial charge in [0.2, 0.25) is 0 Å². The number of benzene rings is 2. The van der Waals surface area contributed by atoms with Gasteiger partial charge in [0.15, 0.2) is 0 Å². The molecular weight excluding hydrogens is 448 g/mol. The molecule has 0 spiro atoms. The van der Waals surface area contributed by atoms with Gasteiger partial charge in [-0.05, 0) is 71.8 Å². The third-order valence-corrected chi connectivity index (χ3v) is 4.65. The van der Waals surface area contributed by atoms with Crippen molar-refractivity contribution in [1.82, 2.24) is 5.32 Å². The fourth-order valence-electron chi connectivity index (χ4n) is 1.91. The molecule has 0 saturated carbocycles. The molecule has 0 aliphatic heterocycles. The molecule has 0 aromatic heterocycles. The van der Waals surface area contributed by atoms with Crippen LogP contribution in [-0.4, -0.2) is 5.91 Å². The van der Waals surface area contributed by atoms with Gasteiger partial charge in [-0.25, -0.2) is 4.39 Å². The number of carbonyl (C=O) groups is 1. The van der Waals surface area contributed by atoms with Crippen LogP contribution in [0, 0.1) is 16.3 Å². The highest BCUT2D eigenvalue weighted by Gasteiger charge is 2.15. The summed E-state index contributed by atoms with van der Waals surface area (Å²) in [5.74, 6) is -0.431. The maximum atomic E-state index is 13.6. The zero-order chi connectivity index (χ0) is 15.6. The van der Waals surface area contributed by atoms with E-state index in [9.17, 15) is 9.18 Å². The predicted octanol–water partition coefficient (Wildman–Crippen LogP) is 4.99. The lowest BCUT2D eigenvalue weighted by molar-refractivity contribution is 0.0939. The molecule has 0 aliphatic carbocycles. The molecule has 0 aliphatic rings. The number of hydrogen-bond donors (Lipinski definition) is 1. The molecule has 0 fully saturated rings. The summed E-state index contributed by atoms with van der Waals surface area (Å²) in [6.07, 6.45) is 0. The van der Waals surface area contributed by atoms with Gasteiger partial charge in [-0.1, -0.05) is 28.1 Å². The first-order valence-electron chi connectivity index (χ1n) is 6.40. The maximum Gasteiger partial charge on any atom is 0.252 e. The number of aryl methyl sites for hydroxylation is 1. The van der Waals surface area contributed by atoms with Crippen molar-refractivity contribution in [3.8, 4) is 0 Å². The molecule has 0 radical (unpaired) electrons. The molecule has 0 heterocycles. The van der Waals surface area contributed by atoms with Crippen LogP contribution in [-0.2, 0) is 0 Å². The van der Waals surface area contributed by atoms with Crippen LogP contribution in [0.2, 0.25) is 0 Å². The van der Waals surface area contributed by atoms with E-state index < -0.39 is 0 Å². The van der Waals surface area contributed by atoms with Crippen molar-refractivity contribution in [2.75, 3.05) is 0 Å². The first-order valence-corrected chi connectivity index (χ1v) is 8.27. The van der Waals surface area contributed by atoms with Crippen LogP contribution in [0.25, 0.3) is 0 Å². The highest BCUT2D eigenvalue weighted by molar-refractivity contribution is 14.1. The Morgan fingerprint density at radius 3 is 2.67 bits per heavy atom. The molecule has 5 heteroatoms. The van der Waals surface area contributed by atoms with Gasteiger partial charge in [0, 0.05) is 8.04 Å². The Balaban J connectivity index is 2.18. The van der Waals surface area contributed by atoms with E-state index in [4.69, 9.17) is 0 Å². The Bertz CT molecular complexity index is 690. The van der Waals surface area contributed by atoms with E-state index in [0.29, 0.717) is 11.1 Å². The van der Waals surface area contributed by atoms with Crippen molar-refractivity contribution in [1.29, 1.82) is 0 Å². The lowest BCUT2D eigenvalue weighted by atomic mass is 10.1. The predicted molar refractivity (Wildman–Crippen MR) is 93.9 cm³/mol. The van der Waals surface area contributed by atoms with Crippen LogP contribution in [0.15, 0.2) is 40.9 Å². The fourth-order valence-corrected chi connectivity index (χ4v) is 2.85. The SMILES string of the molecule is Cc1ccc(C(C)NC(=O)c2cc(Br)ccc2I)cc1F. The van der Waals surface area contributed by atoms with Gasteiger partial charge in [-0.15, -0.1) is 0 Å². The largest absolute Gasteiger partial charge is 0.345 e. The molecule has 2 aromatic carbocycles. The van der Waals surface area contributed by atoms with E-state index in [2.05, 4.69) is 43.8 Å². The van der Waals surface area contributed by atoms with Gasteiger partial charge >= 0.3 is 0 Å². The molecule has 2 nitrogen and oxygen atoms in total. The standard InChI is InChI=1S/C16H14BrFINO/c1-9-3-4-11(7-14(9)18)10(2)20-16(21)13-8-12(17)5-6-15(13)19/h3-8,10H,1-2H3,(H,20,21). The summed E-state index contributed by atoms with van der Waals surface area (Å²) >= 11 is 5.48. The highest BCUT2D eigenvalue weighted by Crippen LogP contribution is 2.21. The van der Waals surface area contributed by atoms with Gasteiger partial charge in [-0.2, -0.15) is 0 Å². The molecule has 110 valence electrons. The smallest absolute Gasteiger partial charge is 0.252 e. The summed E-state index contributed by atoms with van der Waals surface area (Å²) in [4.78, 5) is 12.3. The second-order valence-electron chi connectivity index (χ2n) is 4.83. The molecule has 1 amide bonds. The van der Waals surface area contributed by atoms with Crippen molar-refractivity contribution < 1.29 is 9.18 Å². The monoisotopic (exact) mass is 461 g/mol. The zero-order valence-electron chi connectivity index (χ0n) is 11.6. The molecule has 2 aromatic rings. The van der Waals surface area contributed by atoms with Crippen LogP contribution < -0.4 is 5.32 Å². The molecule has 1 atom stereocenters. The Labute approximate surface area is 145 Å². The molecule has 0 saturated heterocycles. The van der Waals surface area contributed by atoms with Gasteiger partial charge in [-0.3, -0.25) is 4.79 Å². The topological polar surface area (TPSA) is 29.1 Å². The highest BCUT2D eigenvalue weighted by atomic mass is 127. The van der Waals surface area contributed by atoms with Crippen LogP contribution >= 0.6 is 38.5 Å². The number of carbonyl (C=O) groups excluding carboxylic acids is 1. The van der Waals surface area contributed by atoms with Crippen molar-refractivity contribution >= 4 is 44.4 Å². The third-order valence-electron chi connectivity index (χ3n) is 3.22. The average Bonchev–Trinajstić information content (AvgIpc) is 2.44. The van der Waals surface area contributed by atoms with Gasteiger partial charge in [0.05, 0.1) is 11.6 Å². The minimum atomic E-state index is -0.262. The second-order valence-corrected chi connectivity index (χ2v) is 6.91. The van der Waals surface area contributed by atoms with Gasteiger partial charge in [0.1, 0.15) is 5.82 Å². The first-order chi connectivity index (χ1) is 9.88. The first kappa shape index (κ1) is 16.4. The van der Waals surface area contributed by atoms with Crippen LogP contribution in [0.5, 0.6) is 0 Å². The third kappa shape index (κ3) is 4.03. The lowest BCUT2D eigenvalue weighted by Gasteiger charge is -2.16. The molecule has 2 rings (SSSR count). The van der Waals surface area contributed by atoms with E-state index in [1.807, 2.05) is 25.1 Å². The fraction of sp³-hybridized carbons (Fsp3) is 0.188. The average molecular weight is 462 g/mol. The van der Waals surface area contributed by atoms with Crippen molar-refractivity contribution in [2.45, 2.75) is 19.9 Å². The Morgan fingerprint density at radius 2 is 2.00 bits per heavy atom. The molecule has 21 heavy (non-hydrogen) atoms. The number of halogens is 3. The van der Waals surface area contributed by atoms with E-state index in [-0.39, 0.29) is 17.8 Å². The number of hydrogen-bond acceptors (Lipinski definition) is 1. The van der Waals surface area contributed by atoms with E-state index in [1.165, 1.54) is 6.07 Å². The van der Waals surface area contributed by atoms with Gasteiger partial charge in [0.25, 0.3) is 5.91 Å². The molecular formula is C16H14BrFINO. The minimum absolute atomic E-state index is 0.172. The Kier molecular flexibility index (Phi) is 5.37. The Hall–Kier alpha value is -0.950. The van der Waals surface area contributed by atoms with E-state index in [1.54, 1.807) is 19.1 Å². The number of amides is 1. The number of rotatable bonds is 3. The van der Waals surface area contributed by atoms with Crippen molar-refractivity contribution in [3.63, 3.8) is 0 Å². The van der Waals surface area contributed by atoms with Crippen LogP contribution in [0.3, 0.4) is 0 Å². The van der Waals surface area contributed by atoms with E-state index >= 15 is 0 Å². The summed E-state index contributed by atoms with van der Waals surface area (Å²) in [6.45, 7) is 3.55. The van der Waals surface area contributed by atoms with E-state index in [0.717, 1.165) is 13.6 Å². The summed E-state index contributed by atoms with van der Waals surface area (Å²) in [6, 6.07) is 10.3. The summed E-state index contributed by atoms with van der Waals surface area (Å²) in [5, 5.41) is 2.90. The van der Waals surface area contributed by atoms with Crippen molar-refractivity contribution in [3.05, 3.63) is 66.9 Å². The lowest BCUT2D eigenvalue weighted by Crippen LogP contribution is -2.27. The molecule has 0 bridgehead atoms. The maximum absolute atomic E-state index is 13.6. The quantitative estimate of drug-likeness (QED) is 0.641. The summed E-state index contributed by atoms with van der Waals surface area (Å²) in [5.41, 5.74) is 1.94. The molecule has 1 unspecified atom stereocenters. The zero-order valence-corrected chi connectivity index (χ0v) is 15.3. The Morgan fingerprint density at radius 1 is 1.29 bits per heavy atom. The second kappa shape index (κ2) is 6.87. The van der Waals surface area contributed by atoms with Crippen LogP contribution in [0.4, 0.5) is 4.39 Å². The van der Waals surface area contributed by atoms with Crippen molar-refractivity contribution in [2.24, 2.45) is 0 Å².